The van der Waals surface area contributed by atoms with Crippen molar-refractivity contribution >= 4 is 0 Å². The number of hydrogen-bond donors (Lipinski definition) is 1. The fraction of sp³-hybridized carbons (Fsp3) is 0.571. The van der Waals surface area contributed by atoms with Gasteiger partial charge in [-0.05, 0) is 31.9 Å². The van der Waals surface area contributed by atoms with Gasteiger partial charge in [-0.3, -0.25) is 0 Å². The Morgan fingerprint density at radius 1 is 1.06 bits per heavy atom. The summed E-state index contributed by atoms with van der Waals surface area (Å²) in [5.74, 6) is 0. The lowest BCUT2D eigenvalue weighted by molar-refractivity contribution is 0.139. The molecule has 16 heavy (non-hydrogen) atoms. The van der Waals surface area contributed by atoms with Crippen molar-refractivity contribution in [2.45, 2.75) is 26.7 Å². The summed E-state index contributed by atoms with van der Waals surface area (Å²) in [5, 5.41) is 3.32. The van der Waals surface area contributed by atoms with E-state index in [4.69, 9.17) is 4.74 Å². The van der Waals surface area contributed by atoms with Crippen LogP contribution in [0.5, 0.6) is 0 Å². The fourth-order valence-corrected chi connectivity index (χ4v) is 1.49. The van der Waals surface area contributed by atoms with Crippen LogP contribution in [0.15, 0.2) is 24.3 Å². The minimum Gasteiger partial charge on any atom is -0.380 e. The Morgan fingerprint density at radius 2 is 1.81 bits per heavy atom. The number of nitrogens with one attached hydrogen (secondary N) is 1. The highest BCUT2D eigenvalue weighted by Gasteiger charge is 1.93. The summed E-state index contributed by atoms with van der Waals surface area (Å²) in [6.07, 6.45) is 2.19. The molecule has 0 saturated carbocycles. The van der Waals surface area contributed by atoms with Gasteiger partial charge in [0.05, 0.1) is 13.2 Å². The molecule has 1 aromatic carbocycles. The third kappa shape index (κ3) is 5.89. The maximum Gasteiger partial charge on any atom is 0.0591 e. The van der Waals surface area contributed by atoms with Crippen LogP contribution in [0.25, 0.3) is 0 Å². The SMILES string of the molecule is CCCNCCOCCc1ccc(C)cc1. The first-order valence-corrected chi connectivity index (χ1v) is 6.17. The van der Waals surface area contributed by atoms with E-state index in [0.717, 1.165) is 32.7 Å². The Bertz CT molecular complexity index is 269. The normalized spacial score (nSPS) is 10.6. The molecular formula is C14H23NO. The number of aryl methyl sites for hydroxylation is 1. The molecule has 0 atom stereocenters. The molecular weight excluding hydrogens is 198 g/mol. The second-order valence-corrected chi connectivity index (χ2v) is 4.10. The average molecular weight is 221 g/mol. The summed E-state index contributed by atoms with van der Waals surface area (Å²) in [6, 6.07) is 8.65. The van der Waals surface area contributed by atoms with Crippen LogP contribution in [-0.4, -0.2) is 26.3 Å². The van der Waals surface area contributed by atoms with Crippen molar-refractivity contribution in [2.75, 3.05) is 26.3 Å². The first-order chi connectivity index (χ1) is 7.83. The lowest BCUT2D eigenvalue weighted by Crippen LogP contribution is -2.20. The van der Waals surface area contributed by atoms with Gasteiger partial charge in [-0.25, -0.2) is 0 Å². The molecule has 0 aliphatic rings. The number of rotatable bonds is 8. The number of hydrogen-bond acceptors (Lipinski definition) is 2. The van der Waals surface area contributed by atoms with E-state index in [2.05, 4.69) is 43.4 Å². The highest BCUT2D eigenvalue weighted by Crippen LogP contribution is 2.03. The highest BCUT2D eigenvalue weighted by atomic mass is 16.5. The molecule has 0 aliphatic heterocycles. The number of benzene rings is 1. The van der Waals surface area contributed by atoms with Gasteiger partial charge in [0.15, 0.2) is 0 Å². The fourth-order valence-electron chi connectivity index (χ4n) is 1.49. The average Bonchev–Trinajstić information content (AvgIpc) is 2.30. The molecule has 0 radical (unpaired) electrons. The van der Waals surface area contributed by atoms with Gasteiger partial charge < -0.3 is 10.1 Å². The Morgan fingerprint density at radius 3 is 2.50 bits per heavy atom. The summed E-state index contributed by atoms with van der Waals surface area (Å²) in [7, 11) is 0. The monoisotopic (exact) mass is 221 g/mol. The second-order valence-electron chi connectivity index (χ2n) is 4.10. The van der Waals surface area contributed by atoms with Gasteiger partial charge in [0.2, 0.25) is 0 Å². The van der Waals surface area contributed by atoms with Crippen LogP contribution < -0.4 is 5.32 Å². The van der Waals surface area contributed by atoms with Crippen molar-refractivity contribution in [3.8, 4) is 0 Å². The zero-order chi connectivity index (χ0) is 11.6. The van der Waals surface area contributed by atoms with Crippen LogP contribution in [-0.2, 0) is 11.2 Å². The quantitative estimate of drug-likeness (QED) is 0.681. The van der Waals surface area contributed by atoms with Crippen molar-refractivity contribution in [1.29, 1.82) is 0 Å². The largest absolute Gasteiger partial charge is 0.380 e. The standard InChI is InChI=1S/C14H23NO/c1-3-9-15-10-12-16-11-8-14-6-4-13(2)5-7-14/h4-7,15H,3,8-12H2,1-2H3. The van der Waals surface area contributed by atoms with Crippen molar-refractivity contribution in [2.24, 2.45) is 0 Å². The highest BCUT2D eigenvalue weighted by molar-refractivity contribution is 5.21. The van der Waals surface area contributed by atoms with Gasteiger partial charge in [-0.1, -0.05) is 36.8 Å². The van der Waals surface area contributed by atoms with E-state index in [0.29, 0.717) is 0 Å². The number of ether oxygens (including phenoxy) is 1. The summed E-state index contributed by atoms with van der Waals surface area (Å²) in [4.78, 5) is 0. The summed E-state index contributed by atoms with van der Waals surface area (Å²) >= 11 is 0. The summed E-state index contributed by atoms with van der Waals surface area (Å²) in [6.45, 7) is 7.96. The van der Waals surface area contributed by atoms with E-state index < -0.39 is 0 Å². The molecule has 0 fully saturated rings. The third-order valence-electron chi connectivity index (χ3n) is 2.51. The smallest absolute Gasteiger partial charge is 0.0591 e. The van der Waals surface area contributed by atoms with Crippen LogP contribution in [0.3, 0.4) is 0 Å². The molecule has 0 unspecified atom stereocenters. The molecule has 2 heteroatoms. The molecule has 90 valence electrons. The molecule has 0 saturated heterocycles. The van der Waals surface area contributed by atoms with Gasteiger partial charge in [0, 0.05) is 6.54 Å². The molecule has 2 nitrogen and oxygen atoms in total. The van der Waals surface area contributed by atoms with Crippen LogP contribution in [0.1, 0.15) is 24.5 Å². The molecule has 0 bridgehead atoms. The molecule has 1 rings (SSSR count). The van der Waals surface area contributed by atoms with Gasteiger partial charge in [-0.15, -0.1) is 0 Å². The van der Waals surface area contributed by atoms with Crippen molar-refractivity contribution in [1.82, 2.24) is 5.32 Å². The molecule has 0 aliphatic carbocycles. The first-order valence-electron chi connectivity index (χ1n) is 6.17. The zero-order valence-corrected chi connectivity index (χ0v) is 10.5. The lowest BCUT2D eigenvalue weighted by Gasteiger charge is -2.05. The minimum absolute atomic E-state index is 0.811. The topological polar surface area (TPSA) is 21.3 Å². The molecule has 0 amide bonds. The van der Waals surface area contributed by atoms with E-state index in [9.17, 15) is 0 Å². The molecule has 0 spiro atoms. The molecule has 0 heterocycles. The maximum atomic E-state index is 5.55. The van der Waals surface area contributed by atoms with Crippen LogP contribution in [0.2, 0.25) is 0 Å². The summed E-state index contributed by atoms with van der Waals surface area (Å²) in [5.41, 5.74) is 2.67. The summed E-state index contributed by atoms with van der Waals surface area (Å²) < 4.78 is 5.55. The second kappa shape index (κ2) is 8.31. The van der Waals surface area contributed by atoms with Gasteiger partial charge >= 0.3 is 0 Å². The third-order valence-corrected chi connectivity index (χ3v) is 2.51. The molecule has 1 aromatic rings. The van der Waals surface area contributed by atoms with E-state index in [1.807, 2.05) is 0 Å². The van der Waals surface area contributed by atoms with E-state index in [1.54, 1.807) is 0 Å². The molecule has 1 N–H and O–H groups in total. The zero-order valence-electron chi connectivity index (χ0n) is 10.5. The Labute approximate surface area is 99.0 Å². The van der Waals surface area contributed by atoms with Gasteiger partial charge in [0.1, 0.15) is 0 Å². The van der Waals surface area contributed by atoms with Crippen LogP contribution in [0, 0.1) is 6.92 Å². The van der Waals surface area contributed by atoms with E-state index in [-0.39, 0.29) is 0 Å². The van der Waals surface area contributed by atoms with Crippen LogP contribution in [0.4, 0.5) is 0 Å². The maximum absolute atomic E-state index is 5.55. The van der Waals surface area contributed by atoms with E-state index in [1.165, 1.54) is 17.5 Å². The van der Waals surface area contributed by atoms with Crippen LogP contribution >= 0.6 is 0 Å². The van der Waals surface area contributed by atoms with Crippen molar-refractivity contribution in [3.63, 3.8) is 0 Å². The first kappa shape index (κ1) is 13.2. The van der Waals surface area contributed by atoms with Gasteiger partial charge in [0.25, 0.3) is 0 Å². The van der Waals surface area contributed by atoms with E-state index >= 15 is 0 Å². The van der Waals surface area contributed by atoms with Crippen molar-refractivity contribution < 1.29 is 4.74 Å². The Balaban J connectivity index is 2.01. The minimum atomic E-state index is 0.811. The van der Waals surface area contributed by atoms with Gasteiger partial charge in [-0.2, -0.15) is 0 Å². The lowest BCUT2D eigenvalue weighted by atomic mass is 10.1. The van der Waals surface area contributed by atoms with Crippen molar-refractivity contribution in [3.05, 3.63) is 35.4 Å². The Hall–Kier alpha value is -0.860. The Kier molecular flexibility index (Phi) is 6.86. The predicted octanol–water partition coefficient (Wildman–Crippen LogP) is 2.55. The predicted molar refractivity (Wildman–Crippen MR) is 68.9 cm³/mol. The molecule has 0 aromatic heterocycles.